The molecule has 3 rings (SSSR count). The molecule has 1 saturated heterocycles. The summed E-state index contributed by atoms with van der Waals surface area (Å²) < 4.78 is 0. The molecule has 25 heavy (non-hydrogen) atoms. The number of hydrogen-bond acceptors (Lipinski definition) is 4. The van der Waals surface area contributed by atoms with Gasteiger partial charge in [-0.15, -0.1) is 0 Å². The molecule has 0 spiro atoms. The number of nitrogens with zero attached hydrogens (tertiary/aromatic N) is 4. The Kier molecular flexibility index (Phi) is 5.31. The lowest BCUT2D eigenvalue weighted by Gasteiger charge is -2.30. The fourth-order valence-electron chi connectivity index (χ4n) is 3.13. The molecule has 0 N–H and O–H groups in total. The van der Waals surface area contributed by atoms with E-state index in [2.05, 4.69) is 29.0 Å². The van der Waals surface area contributed by atoms with Gasteiger partial charge >= 0.3 is 0 Å². The third kappa shape index (κ3) is 4.35. The normalized spacial score (nSPS) is 15.2. The minimum atomic E-state index is 0.0201. The maximum absolute atomic E-state index is 12.8. The van der Waals surface area contributed by atoms with Crippen LogP contribution in [-0.4, -0.2) is 40.9 Å². The number of aryl methyl sites for hydroxylation is 1. The van der Waals surface area contributed by atoms with Crippen molar-refractivity contribution in [3.8, 4) is 0 Å². The van der Waals surface area contributed by atoms with Crippen molar-refractivity contribution in [1.29, 1.82) is 0 Å². The van der Waals surface area contributed by atoms with Gasteiger partial charge in [0.05, 0.1) is 0 Å². The van der Waals surface area contributed by atoms with Gasteiger partial charge in [-0.2, -0.15) is 0 Å². The minimum absolute atomic E-state index is 0.0201. The first kappa shape index (κ1) is 17.4. The second-order valence-corrected chi connectivity index (χ2v) is 7.01. The summed E-state index contributed by atoms with van der Waals surface area (Å²) in [5.41, 5.74) is 2.50. The number of benzene rings is 1. The molecule has 5 nitrogen and oxygen atoms in total. The Morgan fingerprint density at radius 2 is 1.88 bits per heavy atom. The number of carbonyl (C=O) groups excluding carboxylic acids is 1. The van der Waals surface area contributed by atoms with E-state index in [-0.39, 0.29) is 5.91 Å². The molecular formula is C20H26N4O. The molecule has 0 aliphatic carbocycles. The molecule has 0 saturated carbocycles. The molecule has 0 unspecified atom stereocenters. The minimum Gasteiger partial charge on any atom is -0.340 e. The van der Waals surface area contributed by atoms with Crippen LogP contribution >= 0.6 is 0 Å². The topological polar surface area (TPSA) is 49.3 Å². The third-order valence-electron chi connectivity index (χ3n) is 4.74. The van der Waals surface area contributed by atoms with Crippen molar-refractivity contribution in [2.24, 2.45) is 5.92 Å². The predicted octanol–water partition coefficient (Wildman–Crippen LogP) is 3.29. The van der Waals surface area contributed by atoms with Crippen molar-refractivity contribution in [1.82, 2.24) is 14.9 Å². The van der Waals surface area contributed by atoms with Crippen LogP contribution in [0.3, 0.4) is 0 Å². The van der Waals surface area contributed by atoms with Crippen LogP contribution in [0.4, 0.5) is 5.95 Å². The van der Waals surface area contributed by atoms with Gasteiger partial charge in [-0.3, -0.25) is 4.79 Å². The predicted molar refractivity (Wildman–Crippen MR) is 99.6 cm³/mol. The Balaban J connectivity index is 1.77. The number of rotatable bonds is 4. The maximum Gasteiger partial charge on any atom is 0.272 e. The number of amides is 1. The summed E-state index contributed by atoms with van der Waals surface area (Å²) in [6.45, 7) is 6.50. The van der Waals surface area contributed by atoms with Gasteiger partial charge in [0.2, 0.25) is 5.95 Å². The Morgan fingerprint density at radius 1 is 1.20 bits per heavy atom. The average Bonchev–Trinajstić information content (AvgIpc) is 2.62. The maximum atomic E-state index is 12.8. The molecule has 1 fully saturated rings. The van der Waals surface area contributed by atoms with E-state index in [4.69, 9.17) is 0 Å². The number of likely N-dealkylation sites (tertiary alicyclic amines) is 1. The monoisotopic (exact) mass is 338 g/mol. The summed E-state index contributed by atoms with van der Waals surface area (Å²) in [6.07, 6.45) is 2.13. The van der Waals surface area contributed by atoms with Crippen LogP contribution in [0.25, 0.3) is 0 Å². The zero-order valence-corrected chi connectivity index (χ0v) is 15.3. The number of aromatic nitrogens is 2. The molecule has 1 aliphatic heterocycles. The summed E-state index contributed by atoms with van der Waals surface area (Å²) in [4.78, 5) is 25.8. The van der Waals surface area contributed by atoms with E-state index in [1.807, 2.05) is 42.0 Å². The molecule has 1 aliphatic rings. The number of carbonyl (C=O) groups is 1. The van der Waals surface area contributed by atoms with Crippen LogP contribution in [0.2, 0.25) is 0 Å². The van der Waals surface area contributed by atoms with Crippen LogP contribution in [0.1, 0.15) is 41.5 Å². The van der Waals surface area contributed by atoms with Crippen LogP contribution in [-0.2, 0) is 6.54 Å². The molecule has 5 heteroatoms. The zero-order chi connectivity index (χ0) is 17.8. The Labute approximate surface area is 149 Å². The van der Waals surface area contributed by atoms with E-state index in [1.165, 1.54) is 5.56 Å². The lowest BCUT2D eigenvalue weighted by atomic mass is 9.99. The quantitative estimate of drug-likeness (QED) is 0.858. The molecule has 1 aromatic heterocycles. The van der Waals surface area contributed by atoms with Crippen molar-refractivity contribution >= 4 is 11.9 Å². The first-order chi connectivity index (χ1) is 12.0. The molecule has 2 aromatic rings. The zero-order valence-electron chi connectivity index (χ0n) is 15.3. The SMILES string of the molecule is Cc1cc(C(=O)N2CCC(C)CC2)nc(N(C)Cc2ccccc2)n1. The fraction of sp³-hybridized carbons (Fsp3) is 0.450. The van der Waals surface area contributed by atoms with Gasteiger partial charge in [0.25, 0.3) is 5.91 Å². The molecule has 0 bridgehead atoms. The van der Waals surface area contributed by atoms with Gasteiger partial charge in [0, 0.05) is 32.4 Å². The van der Waals surface area contributed by atoms with Crippen LogP contribution < -0.4 is 4.90 Å². The molecule has 0 radical (unpaired) electrons. The van der Waals surface area contributed by atoms with Crippen LogP contribution in [0.5, 0.6) is 0 Å². The van der Waals surface area contributed by atoms with E-state index in [1.54, 1.807) is 6.07 Å². The third-order valence-corrected chi connectivity index (χ3v) is 4.74. The summed E-state index contributed by atoms with van der Waals surface area (Å²) in [5, 5.41) is 0. The highest BCUT2D eigenvalue weighted by molar-refractivity contribution is 5.92. The molecule has 0 atom stereocenters. The summed E-state index contributed by atoms with van der Waals surface area (Å²) in [5.74, 6) is 1.31. The first-order valence-corrected chi connectivity index (χ1v) is 8.93. The van der Waals surface area contributed by atoms with Gasteiger partial charge < -0.3 is 9.80 Å². The van der Waals surface area contributed by atoms with Crippen molar-refractivity contribution < 1.29 is 4.79 Å². The highest BCUT2D eigenvalue weighted by Gasteiger charge is 2.23. The van der Waals surface area contributed by atoms with Crippen molar-refractivity contribution in [2.75, 3.05) is 25.0 Å². The number of hydrogen-bond donors (Lipinski definition) is 0. The summed E-state index contributed by atoms with van der Waals surface area (Å²) >= 11 is 0. The highest BCUT2D eigenvalue weighted by Crippen LogP contribution is 2.19. The summed E-state index contributed by atoms with van der Waals surface area (Å²) in [6, 6.07) is 12.0. The standard InChI is InChI=1S/C20H26N4O/c1-15-9-11-24(12-10-15)19(25)18-13-16(2)21-20(22-18)23(3)14-17-7-5-4-6-8-17/h4-8,13,15H,9-12,14H2,1-3H3. The van der Waals surface area contributed by atoms with Crippen molar-refractivity contribution in [2.45, 2.75) is 33.2 Å². The Morgan fingerprint density at radius 3 is 2.56 bits per heavy atom. The van der Waals surface area contributed by atoms with E-state index in [9.17, 15) is 4.79 Å². The van der Waals surface area contributed by atoms with E-state index in [0.717, 1.165) is 31.6 Å². The van der Waals surface area contributed by atoms with E-state index >= 15 is 0 Å². The fourth-order valence-corrected chi connectivity index (χ4v) is 3.13. The van der Waals surface area contributed by atoms with E-state index < -0.39 is 0 Å². The Bertz CT molecular complexity index is 724. The number of anilines is 1. The van der Waals surface area contributed by atoms with Gasteiger partial charge in [-0.1, -0.05) is 37.3 Å². The molecule has 2 heterocycles. The molecule has 1 amide bonds. The van der Waals surface area contributed by atoms with Crippen LogP contribution in [0, 0.1) is 12.8 Å². The smallest absolute Gasteiger partial charge is 0.272 e. The van der Waals surface area contributed by atoms with Gasteiger partial charge in [-0.25, -0.2) is 9.97 Å². The van der Waals surface area contributed by atoms with Gasteiger partial charge in [0.1, 0.15) is 5.69 Å². The second kappa shape index (κ2) is 7.64. The molecule has 132 valence electrons. The second-order valence-electron chi connectivity index (χ2n) is 7.01. The van der Waals surface area contributed by atoms with Crippen LogP contribution in [0.15, 0.2) is 36.4 Å². The van der Waals surface area contributed by atoms with Crippen molar-refractivity contribution in [3.63, 3.8) is 0 Å². The average molecular weight is 338 g/mol. The first-order valence-electron chi connectivity index (χ1n) is 8.93. The van der Waals surface area contributed by atoms with Crippen molar-refractivity contribution in [3.05, 3.63) is 53.3 Å². The lowest BCUT2D eigenvalue weighted by molar-refractivity contribution is 0.0691. The molecular weight excluding hydrogens is 312 g/mol. The summed E-state index contributed by atoms with van der Waals surface area (Å²) in [7, 11) is 1.96. The van der Waals surface area contributed by atoms with E-state index in [0.29, 0.717) is 24.1 Å². The van der Waals surface area contributed by atoms with Gasteiger partial charge in [0.15, 0.2) is 0 Å². The number of piperidine rings is 1. The largest absolute Gasteiger partial charge is 0.340 e. The van der Waals surface area contributed by atoms with Gasteiger partial charge in [-0.05, 0) is 37.3 Å². The lowest BCUT2D eigenvalue weighted by Crippen LogP contribution is -2.38. The Hall–Kier alpha value is -2.43. The highest BCUT2D eigenvalue weighted by atomic mass is 16.2. The molecule has 1 aromatic carbocycles.